The minimum Gasteiger partial charge on any atom is -0.481 e. The number of aromatic nitrogens is 4. The SMILES string of the molecule is Cc1nnc(-c2ccc(CC(=O)NCCOCCOCCC(=O)O)cc2)nn1. The number of hydrogen-bond donors (Lipinski definition) is 2. The molecule has 2 N–H and O–H groups in total. The van der Waals surface area contributed by atoms with Crippen molar-refractivity contribution in [2.24, 2.45) is 0 Å². The van der Waals surface area contributed by atoms with Gasteiger partial charge in [-0.05, 0) is 12.5 Å². The van der Waals surface area contributed by atoms with Crippen LogP contribution >= 0.6 is 0 Å². The van der Waals surface area contributed by atoms with Crippen molar-refractivity contribution in [3.63, 3.8) is 0 Å². The number of benzene rings is 1. The van der Waals surface area contributed by atoms with Gasteiger partial charge in [0.05, 0.1) is 39.3 Å². The lowest BCUT2D eigenvalue weighted by atomic mass is 10.1. The fourth-order valence-corrected chi connectivity index (χ4v) is 2.16. The average molecular weight is 389 g/mol. The van der Waals surface area contributed by atoms with Gasteiger partial charge in [-0.15, -0.1) is 20.4 Å². The highest BCUT2D eigenvalue weighted by molar-refractivity contribution is 5.78. The first-order valence-corrected chi connectivity index (χ1v) is 8.82. The highest BCUT2D eigenvalue weighted by atomic mass is 16.5. The van der Waals surface area contributed by atoms with E-state index in [4.69, 9.17) is 14.6 Å². The molecule has 0 saturated carbocycles. The first kappa shape index (κ1) is 21.3. The van der Waals surface area contributed by atoms with Crippen LogP contribution in [-0.2, 0) is 25.5 Å². The van der Waals surface area contributed by atoms with Crippen LogP contribution in [0.4, 0.5) is 0 Å². The molecule has 1 aromatic carbocycles. The minimum atomic E-state index is -0.893. The van der Waals surface area contributed by atoms with Crippen LogP contribution < -0.4 is 5.32 Å². The fraction of sp³-hybridized carbons (Fsp3) is 0.444. The van der Waals surface area contributed by atoms with Gasteiger partial charge in [0.25, 0.3) is 0 Å². The summed E-state index contributed by atoms with van der Waals surface area (Å²) in [5.74, 6) is -0.0582. The zero-order valence-electron chi connectivity index (χ0n) is 15.6. The molecular weight excluding hydrogens is 366 g/mol. The molecule has 0 aliphatic carbocycles. The maximum Gasteiger partial charge on any atom is 0.305 e. The van der Waals surface area contributed by atoms with E-state index in [-0.39, 0.29) is 25.4 Å². The first-order chi connectivity index (χ1) is 13.5. The van der Waals surface area contributed by atoms with Gasteiger partial charge in [0.1, 0.15) is 0 Å². The molecule has 0 bridgehead atoms. The molecule has 2 rings (SSSR count). The molecule has 2 aromatic rings. The number of hydrogen-bond acceptors (Lipinski definition) is 8. The summed E-state index contributed by atoms with van der Waals surface area (Å²) < 4.78 is 10.4. The Balaban J connectivity index is 1.60. The van der Waals surface area contributed by atoms with Crippen molar-refractivity contribution < 1.29 is 24.2 Å². The van der Waals surface area contributed by atoms with Crippen LogP contribution in [0.2, 0.25) is 0 Å². The molecule has 0 radical (unpaired) electrons. The number of aliphatic carboxylic acids is 1. The second-order valence-corrected chi connectivity index (χ2v) is 5.86. The predicted molar refractivity (Wildman–Crippen MR) is 98.4 cm³/mol. The lowest BCUT2D eigenvalue weighted by molar-refractivity contribution is -0.138. The Morgan fingerprint density at radius 2 is 1.61 bits per heavy atom. The van der Waals surface area contributed by atoms with Gasteiger partial charge in [0, 0.05) is 12.1 Å². The number of aryl methyl sites for hydroxylation is 1. The normalized spacial score (nSPS) is 10.6. The monoisotopic (exact) mass is 389 g/mol. The highest BCUT2D eigenvalue weighted by Gasteiger charge is 2.06. The number of amides is 1. The highest BCUT2D eigenvalue weighted by Crippen LogP contribution is 2.14. The van der Waals surface area contributed by atoms with E-state index in [1.807, 2.05) is 24.3 Å². The standard InChI is InChI=1S/C18H23N5O5/c1-13-20-22-18(23-21-13)15-4-2-14(3-5-15)12-16(24)19-7-9-28-11-10-27-8-6-17(25)26/h2-5H,6-12H2,1H3,(H,19,24)(H,25,26). The number of carboxylic acid groups (broad SMARTS) is 1. The second-order valence-electron chi connectivity index (χ2n) is 5.86. The largest absolute Gasteiger partial charge is 0.481 e. The minimum absolute atomic E-state index is 0.0249. The Morgan fingerprint density at radius 3 is 2.25 bits per heavy atom. The fourth-order valence-electron chi connectivity index (χ4n) is 2.16. The summed E-state index contributed by atoms with van der Waals surface area (Å²) in [6.07, 6.45) is 0.229. The molecule has 0 aliphatic heterocycles. The summed E-state index contributed by atoms with van der Waals surface area (Å²) in [4.78, 5) is 22.2. The molecule has 0 saturated heterocycles. The van der Waals surface area contributed by atoms with Crippen LogP contribution in [0.1, 0.15) is 17.8 Å². The number of ether oxygens (including phenoxy) is 2. The van der Waals surface area contributed by atoms with E-state index in [0.717, 1.165) is 11.1 Å². The van der Waals surface area contributed by atoms with Gasteiger partial charge in [0.15, 0.2) is 5.82 Å². The summed E-state index contributed by atoms with van der Waals surface area (Å²) in [6, 6.07) is 7.32. The second kappa shape index (κ2) is 11.7. The van der Waals surface area contributed by atoms with Crippen LogP contribution in [0, 0.1) is 6.92 Å². The summed E-state index contributed by atoms with van der Waals surface area (Å²) >= 11 is 0. The van der Waals surface area contributed by atoms with E-state index >= 15 is 0 Å². The molecular formula is C18H23N5O5. The third kappa shape index (κ3) is 8.14. The Labute approximate surface area is 162 Å². The smallest absolute Gasteiger partial charge is 0.305 e. The van der Waals surface area contributed by atoms with Gasteiger partial charge in [-0.1, -0.05) is 24.3 Å². The molecule has 0 atom stereocenters. The Hall–Kier alpha value is -2.98. The molecule has 0 aliphatic rings. The quantitative estimate of drug-likeness (QED) is 0.494. The van der Waals surface area contributed by atoms with Crippen molar-refractivity contribution in [3.05, 3.63) is 35.7 Å². The van der Waals surface area contributed by atoms with Crippen LogP contribution in [0.15, 0.2) is 24.3 Å². The van der Waals surface area contributed by atoms with Crippen LogP contribution in [0.5, 0.6) is 0 Å². The Bertz CT molecular complexity index is 752. The molecule has 28 heavy (non-hydrogen) atoms. The average Bonchev–Trinajstić information content (AvgIpc) is 2.68. The number of carbonyl (C=O) groups is 2. The molecule has 1 amide bonds. The van der Waals surface area contributed by atoms with Crippen molar-refractivity contribution in [3.8, 4) is 11.4 Å². The molecule has 0 fully saturated rings. The zero-order valence-corrected chi connectivity index (χ0v) is 15.6. The number of nitrogens with one attached hydrogen (secondary N) is 1. The van der Waals surface area contributed by atoms with Gasteiger partial charge in [-0.3, -0.25) is 9.59 Å². The third-order valence-electron chi connectivity index (χ3n) is 3.56. The predicted octanol–water partition coefficient (Wildman–Crippen LogP) is 0.409. The van der Waals surface area contributed by atoms with Gasteiger partial charge >= 0.3 is 5.97 Å². The summed E-state index contributed by atoms with van der Waals surface area (Å²) in [6.45, 7) is 3.30. The molecule has 1 aromatic heterocycles. The molecule has 1 heterocycles. The maximum atomic E-state index is 12.0. The summed E-state index contributed by atoms with van der Waals surface area (Å²) in [5.41, 5.74) is 1.64. The van der Waals surface area contributed by atoms with E-state index in [2.05, 4.69) is 25.7 Å². The van der Waals surface area contributed by atoms with E-state index in [1.54, 1.807) is 6.92 Å². The topological polar surface area (TPSA) is 136 Å². The van der Waals surface area contributed by atoms with Crippen molar-refractivity contribution in [2.75, 3.05) is 33.0 Å². The summed E-state index contributed by atoms with van der Waals surface area (Å²) in [5, 5.41) is 26.9. The molecule has 10 nitrogen and oxygen atoms in total. The van der Waals surface area contributed by atoms with E-state index in [1.165, 1.54) is 0 Å². The Morgan fingerprint density at radius 1 is 0.964 bits per heavy atom. The van der Waals surface area contributed by atoms with Crippen LogP contribution in [-0.4, -0.2) is 70.4 Å². The van der Waals surface area contributed by atoms with E-state index < -0.39 is 5.97 Å². The lowest BCUT2D eigenvalue weighted by Crippen LogP contribution is -2.29. The number of carboxylic acids is 1. The van der Waals surface area contributed by atoms with Crippen LogP contribution in [0.25, 0.3) is 11.4 Å². The molecule has 0 spiro atoms. The number of rotatable bonds is 12. The molecule has 0 unspecified atom stereocenters. The van der Waals surface area contributed by atoms with Gasteiger partial charge in [0.2, 0.25) is 11.7 Å². The van der Waals surface area contributed by atoms with Crippen molar-refractivity contribution in [2.45, 2.75) is 19.8 Å². The van der Waals surface area contributed by atoms with Crippen LogP contribution in [0.3, 0.4) is 0 Å². The first-order valence-electron chi connectivity index (χ1n) is 8.82. The maximum absolute atomic E-state index is 12.0. The van der Waals surface area contributed by atoms with E-state index in [0.29, 0.717) is 38.0 Å². The van der Waals surface area contributed by atoms with Gasteiger partial charge < -0.3 is 19.9 Å². The third-order valence-corrected chi connectivity index (χ3v) is 3.56. The van der Waals surface area contributed by atoms with E-state index in [9.17, 15) is 9.59 Å². The summed E-state index contributed by atoms with van der Waals surface area (Å²) in [7, 11) is 0. The number of nitrogens with zero attached hydrogens (tertiary/aromatic N) is 4. The van der Waals surface area contributed by atoms with Gasteiger partial charge in [-0.25, -0.2) is 0 Å². The lowest BCUT2D eigenvalue weighted by Gasteiger charge is -2.07. The number of carbonyl (C=O) groups excluding carboxylic acids is 1. The molecule has 150 valence electrons. The van der Waals surface area contributed by atoms with Crippen molar-refractivity contribution in [1.82, 2.24) is 25.7 Å². The Kier molecular flexibility index (Phi) is 8.89. The molecule has 10 heteroatoms. The van der Waals surface area contributed by atoms with Crippen molar-refractivity contribution in [1.29, 1.82) is 0 Å². The zero-order chi connectivity index (χ0) is 20.2. The van der Waals surface area contributed by atoms with Gasteiger partial charge in [-0.2, -0.15) is 0 Å². The van der Waals surface area contributed by atoms with Crippen molar-refractivity contribution >= 4 is 11.9 Å².